The van der Waals surface area contributed by atoms with E-state index in [9.17, 15) is 0 Å². The van der Waals surface area contributed by atoms with Gasteiger partial charge < -0.3 is 34.6 Å². The molecule has 2 aliphatic heterocycles. The van der Waals surface area contributed by atoms with Crippen molar-refractivity contribution in [3.05, 3.63) is 0 Å². The minimum Gasteiger partial charge on any atom is -0.396 e. The van der Waals surface area contributed by atoms with Gasteiger partial charge in [-0.05, 0) is 0 Å². The Morgan fingerprint density at radius 2 is 1.17 bits per heavy atom. The quantitative estimate of drug-likeness (QED) is 0.367. The number of epoxide rings is 2. The van der Waals surface area contributed by atoms with Crippen LogP contribution >= 0.6 is 0 Å². The van der Waals surface area contributed by atoms with Gasteiger partial charge in [-0.2, -0.15) is 0 Å². The summed E-state index contributed by atoms with van der Waals surface area (Å²) in [7, 11) is 0. The average Bonchev–Trinajstić information content (AvgIpc) is 3.29. The first-order chi connectivity index (χ1) is 8.69. The van der Waals surface area contributed by atoms with E-state index in [1.807, 2.05) is 0 Å². The fraction of sp³-hybridized carbons (Fsp3) is 1.00. The van der Waals surface area contributed by atoms with Crippen LogP contribution in [0.4, 0.5) is 0 Å². The summed E-state index contributed by atoms with van der Waals surface area (Å²) in [6.07, 6.45) is 0.785. The van der Waals surface area contributed by atoms with Gasteiger partial charge in [0.25, 0.3) is 0 Å². The second-order valence-electron chi connectivity index (χ2n) is 4.58. The molecular formula is C11H22O7. The second-order valence-corrected chi connectivity index (χ2v) is 4.58. The maximum absolute atomic E-state index is 8.50. The molecule has 0 aliphatic carbocycles. The van der Waals surface area contributed by atoms with Crippen molar-refractivity contribution < 1.29 is 34.6 Å². The molecule has 2 unspecified atom stereocenters. The summed E-state index contributed by atoms with van der Waals surface area (Å²) in [6, 6.07) is 0. The van der Waals surface area contributed by atoms with Crippen LogP contribution in [0.25, 0.3) is 0 Å². The van der Waals surface area contributed by atoms with E-state index in [-0.39, 0.29) is 0 Å². The Balaban J connectivity index is 0.000000180. The molecule has 4 N–H and O–H groups in total. The third-order valence-corrected chi connectivity index (χ3v) is 2.75. The van der Waals surface area contributed by atoms with Crippen LogP contribution in [0.5, 0.6) is 0 Å². The standard InChI is InChI=1S/C6H10O3.C5H12O4/c1(5-3-8-5)7-2-6-4-9-6;6-1-5(2-7,3-8)4-9/h5-6H,1-4H2;6-9H,1-4H2. The molecule has 0 aromatic carbocycles. The van der Waals surface area contributed by atoms with Crippen LogP contribution in [0, 0.1) is 5.41 Å². The minimum absolute atomic E-state index is 0.392. The molecule has 7 heteroatoms. The zero-order valence-corrected chi connectivity index (χ0v) is 10.3. The average molecular weight is 266 g/mol. The first-order valence-electron chi connectivity index (χ1n) is 5.94. The third kappa shape index (κ3) is 6.05. The summed E-state index contributed by atoms with van der Waals surface area (Å²) in [5, 5.41) is 34.0. The van der Waals surface area contributed by atoms with E-state index in [1.165, 1.54) is 0 Å². The molecule has 0 bridgehead atoms. The fourth-order valence-electron chi connectivity index (χ4n) is 0.959. The van der Waals surface area contributed by atoms with Crippen molar-refractivity contribution in [1.29, 1.82) is 0 Å². The van der Waals surface area contributed by atoms with Crippen LogP contribution in [0.15, 0.2) is 0 Å². The van der Waals surface area contributed by atoms with Gasteiger partial charge in [-0.15, -0.1) is 0 Å². The van der Waals surface area contributed by atoms with Gasteiger partial charge in [0.1, 0.15) is 12.2 Å². The zero-order valence-electron chi connectivity index (χ0n) is 10.3. The van der Waals surface area contributed by atoms with E-state index >= 15 is 0 Å². The molecule has 0 radical (unpaired) electrons. The Morgan fingerprint density at radius 1 is 0.833 bits per heavy atom. The van der Waals surface area contributed by atoms with E-state index < -0.39 is 31.8 Å². The monoisotopic (exact) mass is 266 g/mol. The predicted octanol–water partition coefficient (Wildman–Crippen LogP) is -2.26. The Kier molecular flexibility index (Phi) is 7.02. The van der Waals surface area contributed by atoms with E-state index in [0.717, 1.165) is 26.4 Å². The SMILES string of the molecule is C(OCC1CO1)C1CO1.OCC(CO)(CO)CO. The summed E-state index contributed by atoms with van der Waals surface area (Å²) in [5.41, 5.74) is -1.11. The Morgan fingerprint density at radius 3 is 1.33 bits per heavy atom. The lowest BCUT2D eigenvalue weighted by Crippen LogP contribution is -2.37. The number of hydrogen-bond acceptors (Lipinski definition) is 7. The fourth-order valence-corrected chi connectivity index (χ4v) is 0.959. The summed E-state index contributed by atoms with van der Waals surface area (Å²) in [6.45, 7) is 1.64. The molecule has 0 spiro atoms. The minimum atomic E-state index is -1.11. The van der Waals surface area contributed by atoms with Crippen molar-refractivity contribution in [2.45, 2.75) is 12.2 Å². The maximum Gasteiger partial charge on any atom is 0.104 e. The molecule has 0 saturated carbocycles. The molecule has 18 heavy (non-hydrogen) atoms. The normalized spacial score (nSPS) is 25.3. The molecule has 2 atom stereocenters. The lowest BCUT2D eigenvalue weighted by atomic mass is 9.93. The number of rotatable bonds is 8. The Labute approximate surface area is 106 Å². The molecule has 0 aromatic heterocycles. The summed E-state index contributed by atoms with van der Waals surface area (Å²) >= 11 is 0. The van der Waals surface area contributed by atoms with Gasteiger partial charge in [-0.1, -0.05) is 0 Å². The lowest BCUT2D eigenvalue weighted by Gasteiger charge is -2.23. The maximum atomic E-state index is 8.50. The van der Waals surface area contributed by atoms with Gasteiger partial charge in [0.05, 0.1) is 58.3 Å². The lowest BCUT2D eigenvalue weighted by molar-refractivity contribution is -0.0328. The first-order valence-corrected chi connectivity index (χ1v) is 5.94. The molecule has 2 rings (SSSR count). The van der Waals surface area contributed by atoms with Crippen molar-refractivity contribution >= 4 is 0 Å². The summed E-state index contributed by atoms with van der Waals surface area (Å²) < 4.78 is 15.1. The highest BCUT2D eigenvalue weighted by atomic mass is 16.6. The first kappa shape index (κ1) is 15.8. The second kappa shape index (κ2) is 8.00. The molecule has 0 amide bonds. The summed E-state index contributed by atoms with van der Waals surface area (Å²) in [5.74, 6) is 0. The van der Waals surface area contributed by atoms with Crippen LogP contribution in [-0.4, -0.2) is 85.5 Å². The van der Waals surface area contributed by atoms with Gasteiger partial charge in [-0.3, -0.25) is 0 Å². The third-order valence-electron chi connectivity index (χ3n) is 2.75. The smallest absolute Gasteiger partial charge is 0.104 e. The highest BCUT2D eigenvalue weighted by Gasteiger charge is 2.27. The molecule has 7 nitrogen and oxygen atoms in total. The predicted molar refractivity (Wildman–Crippen MR) is 61.1 cm³/mol. The molecule has 108 valence electrons. The zero-order chi connectivity index (χ0) is 13.4. The van der Waals surface area contributed by atoms with Gasteiger partial charge in [0.2, 0.25) is 0 Å². The van der Waals surface area contributed by atoms with E-state index in [2.05, 4.69) is 0 Å². The largest absolute Gasteiger partial charge is 0.396 e. The van der Waals surface area contributed by atoms with Crippen LogP contribution in [0.2, 0.25) is 0 Å². The molecular weight excluding hydrogens is 244 g/mol. The molecule has 2 heterocycles. The van der Waals surface area contributed by atoms with Gasteiger partial charge in [0, 0.05) is 0 Å². The van der Waals surface area contributed by atoms with Crippen LogP contribution in [-0.2, 0) is 14.2 Å². The van der Waals surface area contributed by atoms with Crippen molar-refractivity contribution in [1.82, 2.24) is 0 Å². The number of ether oxygens (including phenoxy) is 3. The molecule has 0 aromatic rings. The van der Waals surface area contributed by atoms with Crippen molar-refractivity contribution in [2.75, 3.05) is 52.9 Å². The van der Waals surface area contributed by atoms with Crippen LogP contribution in [0.1, 0.15) is 0 Å². The van der Waals surface area contributed by atoms with Crippen molar-refractivity contribution in [3.63, 3.8) is 0 Å². The molecule has 2 saturated heterocycles. The van der Waals surface area contributed by atoms with Crippen LogP contribution < -0.4 is 0 Å². The van der Waals surface area contributed by atoms with Gasteiger partial charge in [0.15, 0.2) is 0 Å². The Bertz CT molecular complexity index is 182. The molecule has 2 fully saturated rings. The number of aliphatic hydroxyl groups excluding tert-OH is 4. The van der Waals surface area contributed by atoms with Crippen molar-refractivity contribution in [2.24, 2.45) is 5.41 Å². The van der Waals surface area contributed by atoms with E-state index in [4.69, 9.17) is 34.6 Å². The topological polar surface area (TPSA) is 115 Å². The van der Waals surface area contributed by atoms with Gasteiger partial charge in [-0.25, -0.2) is 0 Å². The highest BCUT2D eigenvalue weighted by molar-refractivity contribution is 4.75. The van der Waals surface area contributed by atoms with E-state index in [0.29, 0.717) is 12.2 Å². The number of aliphatic hydroxyl groups is 4. The van der Waals surface area contributed by atoms with Crippen LogP contribution in [0.3, 0.4) is 0 Å². The Hall–Kier alpha value is -0.280. The van der Waals surface area contributed by atoms with E-state index in [1.54, 1.807) is 0 Å². The summed E-state index contributed by atoms with van der Waals surface area (Å²) in [4.78, 5) is 0. The number of hydrogen-bond donors (Lipinski definition) is 4. The molecule has 2 aliphatic rings. The van der Waals surface area contributed by atoms with Crippen molar-refractivity contribution in [3.8, 4) is 0 Å². The van der Waals surface area contributed by atoms with Gasteiger partial charge >= 0.3 is 0 Å². The highest BCUT2D eigenvalue weighted by Crippen LogP contribution is 2.12.